The zero-order valence-electron chi connectivity index (χ0n) is 33.1. The Morgan fingerprint density at radius 2 is 1.15 bits per heavy atom. The van der Waals surface area contributed by atoms with Gasteiger partial charge in [0.05, 0.1) is 16.3 Å². The molecule has 0 aromatic heterocycles. The van der Waals surface area contributed by atoms with Gasteiger partial charge in [-0.1, -0.05) is 12.8 Å². The van der Waals surface area contributed by atoms with Crippen LogP contribution in [-0.2, 0) is 19.1 Å². The summed E-state index contributed by atoms with van der Waals surface area (Å²) in [6.45, 7) is 11.2. The van der Waals surface area contributed by atoms with Crippen LogP contribution in [0.3, 0.4) is 0 Å². The number of nitrogen functional groups attached to an aromatic ring is 1. The second-order valence-electron chi connectivity index (χ2n) is 16.3. The van der Waals surface area contributed by atoms with Crippen LogP contribution in [0.4, 0.5) is 22.7 Å². The summed E-state index contributed by atoms with van der Waals surface area (Å²) in [5, 5.41) is 23.2. The number of anilines is 3. The second kappa shape index (κ2) is 19.4. The Labute approximate surface area is 319 Å². The van der Waals surface area contributed by atoms with Crippen LogP contribution in [0.2, 0.25) is 0 Å². The van der Waals surface area contributed by atoms with E-state index in [1.165, 1.54) is 13.1 Å². The minimum atomic E-state index is -0.503. The molecule has 2 aromatic rings. The maximum Gasteiger partial charge on any atom is 0.306 e. The van der Waals surface area contributed by atoms with Crippen LogP contribution in [0, 0.1) is 22.0 Å². The topological polar surface area (TPSA) is 204 Å². The molecule has 298 valence electrons. The third kappa shape index (κ3) is 14.5. The number of nitrogens with zero attached hydrogens (tertiary/aromatic N) is 1. The summed E-state index contributed by atoms with van der Waals surface area (Å²) in [6.07, 6.45) is 8.38. The zero-order chi connectivity index (χ0) is 40.2. The summed E-state index contributed by atoms with van der Waals surface area (Å²) in [4.78, 5) is 58.5. The Kier molecular flexibility index (Phi) is 15.7. The molecule has 0 aliphatic heterocycles. The number of nitro groups is 1. The summed E-state index contributed by atoms with van der Waals surface area (Å²) in [7, 11) is 3.07. The molecule has 2 aliphatic carbocycles. The Balaban J connectivity index is 0.000000291. The molecule has 2 aliphatic rings. The van der Waals surface area contributed by atoms with Crippen molar-refractivity contribution in [2.75, 3.05) is 30.5 Å². The fourth-order valence-corrected chi connectivity index (χ4v) is 6.96. The van der Waals surface area contributed by atoms with Crippen molar-refractivity contribution in [2.24, 2.45) is 11.8 Å². The highest BCUT2D eigenvalue weighted by atomic mass is 16.6. The van der Waals surface area contributed by atoms with Gasteiger partial charge in [0.2, 0.25) is 0 Å². The Hall–Kier alpha value is -4.88. The van der Waals surface area contributed by atoms with E-state index in [2.05, 4.69) is 21.3 Å². The number of nitrogens with two attached hydrogens (primary N) is 1. The zero-order valence-corrected chi connectivity index (χ0v) is 33.1. The van der Waals surface area contributed by atoms with Gasteiger partial charge in [0.25, 0.3) is 17.5 Å². The number of benzene rings is 2. The third-order valence-corrected chi connectivity index (χ3v) is 9.26. The van der Waals surface area contributed by atoms with E-state index < -0.39 is 16.1 Å². The number of nitro benzene ring substituents is 1. The number of amides is 2. The SMILES string of the molecule is CNC(=O)c1ccc(N[C@H]2CCC[C@@H](CC(=O)OC(C)(C)C)C2)c(N)c1.CNC(=O)c1ccc(N[C@H]2CCC[C@@H](CC(=O)OC(C)(C)C)C2)c([N+](=O)[O-])c1. The van der Waals surface area contributed by atoms with Crippen molar-refractivity contribution in [3.05, 3.63) is 57.6 Å². The van der Waals surface area contributed by atoms with E-state index in [-0.39, 0.29) is 53.0 Å². The lowest BCUT2D eigenvalue weighted by molar-refractivity contribution is -0.384. The van der Waals surface area contributed by atoms with E-state index in [0.717, 1.165) is 57.1 Å². The first-order valence-corrected chi connectivity index (χ1v) is 18.9. The summed E-state index contributed by atoms with van der Waals surface area (Å²) in [5.74, 6) is -0.354. The molecule has 0 radical (unpaired) electrons. The predicted octanol–water partition coefficient (Wildman–Crippen LogP) is 6.99. The number of carbonyl (C=O) groups is 4. The Morgan fingerprint density at radius 3 is 1.56 bits per heavy atom. The van der Waals surface area contributed by atoms with E-state index in [0.29, 0.717) is 35.7 Å². The van der Waals surface area contributed by atoms with Crippen LogP contribution >= 0.6 is 0 Å². The molecule has 14 heteroatoms. The first-order chi connectivity index (χ1) is 25.3. The van der Waals surface area contributed by atoms with Gasteiger partial charge in [-0.15, -0.1) is 0 Å². The normalized spacial score (nSPS) is 19.9. The highest BCUT2D eigenvalue weighted by Crippen LogP contribution is 2.34. The summed E-state index contributed by atoms with van der Waals surface area (Å²) in [5.41, 5.74) is 7.59. The lowest BCUT2D eigenvalue weighted by Crippen LogP contribution is -2.31. The van der Waals surface area contributed by atoms with Crippen molar-refractivity contribution in [3.8, 4) is 0 Å². The largest absolute Gasteiger partial charge is 0.460 e. The van der Waals surface area contributed by atoms with Crippen molar-refractivity contribution in [1.29, 1.82) is 0 Å². The molecule has 54 heavy (non-hydrogen) atoms. The molecule has 14 nitrogen and oxygen atoms in total. The molecule has 2 amide bonds. The van der Waals surface area contributed by atoms with Crippen LogP contribution in [0.5, 0.6) is 0 Å². The molecule has 2 aromatic carbocycles. The van der Waals surface area contributed by atoms with Crippen molar-refractivity contribution in [2.45, 2.75) is 129 Å². The van der Waals surface area contributed by atoms with Gasteiger partial charge < -0.3 is 36.5 Å². The molecular weight excluding hydrogens is 692 g/mol. The molecule has 6 N–H and O–H groups in total. The average molecular weight is 753 g/mol. The number of hydrogen-bond donors (Lipinski definition) is 5. The van der Waals surface area contributed by atoms with Gasteiger partial charge in [-0.25, -0.2) is 0 Å². The van der Waals surface area contributed by atoms with Gasteiger partial charge in [0.1, 0.15) is 16.9 Å². The van der Waals surface area contributed by atoms with Crippen molar-refractivity contribution < 1.29 is 33.6 Å². The number of ether oxygens (including phenoxy) is 2. The average Bonchev–Trinajstić information content (AvgIpc) is 3.07. The minimum absolute atomic E-state index is 0.0331. The lowest BCUT2D eigenvalue weighted by atomic mass is 9.83. The molecular formula is C40H60N6O8. The standard InChI is InChI=1S/C20H29N3O5.C20H31N3O3/c1-20(2,3)28-18(24)11-13-6-5-7-15(10-13)22-16-9-8-14(19(25)21-4)12-17(16)23(26)27;1-20(2,3)26-18(24)11-13-6-5-7-15(10-13)23-17-9-8-14(12-16(17)21)19(25)22-4/h8-9,12-13,15,22H,5-7,10-11H2,1-4H3,(H,21,25);8-9,12-13,15,23H,5-7,10-11,21H2,1-4H3,(H,22,25)/t2*13-,15+/m11/s1. The monoisotopic (exact) mass is 752 g/mol. The Bertz CT molecular complexity index is 1630. The first kappa shape index (κ1) is 43.5. The Morgan fingerprint density at radius 1 is 0.722 bits per heavy atom. The van der Waals surface area contributed by atoms with Crippen LogP contribution in [-0.4, -0.2) is 66.1 Å². The lowest BCUT2D eigenvalue weighted by Gasteiger charge is -2.31. The number of carbonyl (C=O) groups excluding carboxylic acids is 4. The predicted molar refractivity (Wildman–Crippen MR) is 210 cm³/mol. The smallest absolute Gasteiger partial charge is 0.306 e. The molecule has 4 atom stereocenters. The maximum atomic E-state index is 12.1. The van der Waals surface area contributed by atoms with Crippen LogP contribution in [0.25, 0.3) is 0 Å². The number of nitrogens with one attached hydrogen (secondary N) is 4. The number of rotatable bonds is 11. The van der Waals surface area contributed by atoms with Crippen LogP contribution < -0.4 is 27.0 Å². The van der Waals surface area contributed by atoms with E-state index in [1.54, 1.807) is 31.3 Å². The molecule has 0 saturated heterocycles. The van der Waals surface area contributed by atoms with Gasteiger partial charge in [0.15, 0.2) is 0 Å². The van der Waals surface area contributed by atoms with E-state index in [1.807, 2.05) is 47.6 Å². The summed E-state index contributed by atoms with van der Waals surface area (Å²) >= 11 is 0. The fourth-order valence-electron chi connectivity index (χ4n) is 6.96. The first-order valence-electron chi connectivity index (χ1n) is 18.9. The quantitative estimate of drug-likeness (QED) is 0.0685. The molecule has 0 bridgehead atoms. The van der Waals surface area contributed by atoms with E-state index in [4.69, 9.17) is 15.2 Å². The molecule has 4 rings (SSSR count). The fraction of sp³-hybridized carbons (Fsp3) is 0.600. The van der Waals surface area contributed by atoms with Gasteiger partial charge in [-0.05, 0) is 122 Å². The van der Waals surface area contributed by atoms with Gasteiger partial charge in [-0.2, -0.15) is 0 Å². The number of hydrogen-bond acceptors (Lipinski definition) is 11. The van der Waals surface area contributed by atoms with Crippen LogP contribution in [0.1, 0.15) is 126 Å². The van der Waals surface area contributed by atoms with Gasteiger partial charge in [-0.3, -0.25) is 29.3 Å². The van der Waals surface area contributed by atoms with Gasteiger partial charge in [0, 0.05) is 56.2 Å². The molecule has 2 saturated carbocycles. The van der Waals surface area contributed by atoms with Gasteiger partial charge >= 0.3 is 11.9 Å². The van der Waals surface area contributed by atoms with Crippen LogP contribution in [0.15, 0.2) is 36.4 Å². The highest BCUT2D eigenvalue weighted by Gasteiger charge is 2.29. The third-order valence-electron chi connectivity index (χ3n) is 9.26. The molecule has 2 fully saturated rings. The molecule has 0 unspecified atom stereocenters. The van der Waals surface area contributed by atoms with E-state index >= 15 is 0 Å². The van der Waals surface area contributed by atoms with Crippen molar-refractivity contribution in [1.82, 2.24) is 10.6 Å². The van der Waals surface area contributed by atoms with Crippen molar-refractivity contribution >= 4 is 46.5 Å². The minimum Gasteiger partial charge on any atom is -0.460 e. The summed E-state index contributed by atoms with van der Waals surface area (Å²) in [6, 6.07) is 10.0. The second-order valence-corrected chi connectivity index (χ2v) is 16.3. The molecule has 0 spiro atoms. The summed E-state index contributed by atoms with van der Waals surface area (Å²) < 4.78 is 10.8. The maximum absolute atomic E-state index is 12.1. The van der Waals surface area contributed by atoms with E-state index in [9.17, 15) is 29.3 Å². The van der Waals surface area contributed by atoms with Crippen molar-refractivity contribution in [3.63, 3.8) is 0 Å². The molecule has 0 heterocycles. The number of esters is 2. The highest BCUT2D eigenvalue weighted by molar-refractivity contribution is 5.96.